The number of aromatic nitrogens is 2. The molecule has 0 unspecified atom stereocenters. The van der Waals surface area contributed by atoms with Crippen LogP contribution in [0.3, 0.4) is 0 Å². The number of rotatable bonds is 5. The minimum absolute atomic E-state index is 0.301. The zero-order chi connectivity index (χ0) is 15.4. The third-order valence-electron chi connectivity index (χ3n) is 2.74. The van der Waals surface area contributed by atoms with Gasteiger partial charge in [0.05, 0.1) is 16.9 Å². The average molecular weight is 289 g/mol. The van der Waals surface area contributed by atoms with Crippen LogP contribution in [0.2, 0.25) is 0 Å². The minimum Gasteiger partial charge on any atom is -0.480 e. The highest BCUT2D eigenvalue weighted by Gasteiger charge is 2.14. The molecule has 1 heterocycles. The topological polar surface area (TPSA) is 93.5 Å². The number of carbonyl (C=O) groups is 2. The number of anilines is 1. The van der Waals surface area contributed by atoms with E-state index in [1.165, 1.54) is 0 Å². The Balaban J connectivity index is 2.17. The van der Waals surface area contributed by atoms with Crippen molar-refractivity contribution in [3.63, 3.8) is 0 Å². The standard InChI is InChI=1S/C14H15N3O4/c1-9-10(7-17(2)16-9)14(20)15-11-5-3-4-6-12(11)21-8-13(18)19/h3-7H,8H2,1-2H3,(H,15,20)(H,18,19). The minimum atomic E-state index is -1.08. The smallest absolute Gasteiger partial charge is 0.341 e. The summed E-state index contributed by atoms with van der Waals surface area (Å²) in [5.41, 5.74) is 1.47. The molecule has 2 aromatic rings. The number of ether oxygens (including phenoxy) is 1. The number of nitrogens with one attached hydrogen (secondary N) is 1. The van der Waals surface area contributed by atoms with E-state index in [1.807, 2.05) is 0 Å². The molecule has 1 amide bonds. The van der Waals surface area contributed by atoms with E-state index >= 15 is 0 Å². The summed E-state index contributed by atoms with van der Waals surface area (Å²) >= 11 is 0. The van der Waals surface area contributed by atoms with Gasteiger partial charge in [-0.3, -0.25) is 9.48 Å². The van der Waals surface area contributed by atoms with Crippen LogP contribution >= 0.6 is 0 Å². The molecule has 0 aliphatic heterocycles. The Hall–Kier alpha value is -2.83. The van der Waals surface area contributed by atoms with Crippen LogP contribution in [0.15, 0.2) is 30.5 Å². The molecule has 2 N–H and O–H groups in total. The Morgan fingerprint density at radius 1 is 1.38 bits per heavy atom. The third kappa shape index (κ3) is 3.59. The molecule has 110 valence electrons. The molecule has 0 aliphatic rings. The van der Waals surface area contributed by atoms with E-state index in [0.29, 0.717) is 22.7 Å². The maximum absolute atomic E-state index is 12.2. The molecule has 7 heteroatoms. The first-order chi connectivity index (χ1) is 9.97. The average Bonchev–Trinajstić information content (AvgIpc) is 2.76. The molecule has 2 rings (SSSR count). The van der Waals surface area contributed by atoms with Crippen LogP contribution in [0.4, 0.5) is 5.69 Å². The maximum Gasteiger partial charge on any atom is 0.341 e. The fourth-order valence-electron chi connectivity index (χ4n) is 1.85. The molecular weight excluding hydrogens is 274 g/mol. The second-order valence-electron chi connectivity index (χ2n) is 4.43. The van der Waals surface area contributed by atoms with E-state index in [0.717, 1.165) is 0 Å². The van der Waals surface area contributed by atoms with Crippen molar-refractivity contribution in [2.24, 2.45) is 7.05 Å². The summed E-state index contributed by atoms with van der Waals surface area (Å²) in [6.07, 6.45) is 1.62. The molecule has 0 radical (unpaired) electrons. The molecule has 0 aliphatic carbocycles. The fraction of sp³-hybridized carbons (Fsp3) is 0.214. The molecule has 0 fully saturated rings. The van der Waals surface area contributed by atoms with Gasteiger partial charge in [0, 0.05) is 13.2 Å². The maximum atomic E-state index is 12.2. The summed E-state index contributed by atoms with van der Waals surface area (Å²) in [4.78, 5) is 22.8. The fourth-order valence-corrected chi connectivity index (χ4v) is 1.85. The summed E-state index contributed by atoms with van der Waals surface area (Å²) in [5, 5.41) is 15.4. The highest BCUT2D eigenvalue weighted by atomic mass is 16.5. The summed E-state index contributed by atoms with van der Waals surface area (Å²) in [5.74, 6) is -1.11. The van der Waals surface area contributed by atoms with Gasteiger partial charge in [0.1, 0.15) is 5.75 Å². The van der Waals surface area contributed by atoms with E-state index < -0.39 is 12.6 Å². The number of aryl methyl sites for hydroxylation is 2. The molecular formula is C14H15N3O4. The van der Waals surface area contributed by atoms with Gasteiger partial charge < -0.3 is 15.2 Å². The molecule has 0 spiro atoms. The van der Waals surface area contributed by atoms with E-state index in [2.05, 4.69) is 10.4 Å². The largest absolute Gasteiger partial charge is 0.480 e. The highest BCUT2D eigenvalue weighted by molar-refractivity contribution is 6.05. The summed E-state index contributed by atoms with van der Waals surface area (Å²) in [6.45, 7) is 1.26. The monoisotopic (exact) mass is 289 g/mol. The molecule has 0 atom stereocenters. The number of carboxylic acid groups (broad SMARTS) is 1. The number of nitrogens with zero attached hydrogens (tertiary/aromatic N) is 2. The third-order valence-corrected chi connectivity index (χ3v) is 2.74. The van der Waals surface area contributed by atoms with Gasteiger partial charge in [-0.15, -0.1) is 0 Å². The zero-order valence-corrected chi connectivity index (χ0v) is 11.7. The van der Waals surface area contributed by atoms with Gasteiger partial charge in [0.25, 0.3) is 5.91 Å². The van der Waals surface area contributed by atoms with Gasteiger partial charge in [0.2, 0.25) is 0 Å². The quantitative estimate of drug-likeness (QED) is 0.868. The van der Waals surface area contributed by atoms with Gasteiger partial charge in [-0.2, -0.15) is 5.10 Å². The molecule has 0 saturated heterocycles. The van der Waals surface area contributed by atoms with Gasteiger partial charge in [-0.05, 0) is 19.1 Å². The highest BCUT2D eigenvalue weighted by Crippen LogP contribution is 2.24. The van der Waals surface area contributed by atoms with Crippen molar-refractivity contribution in [2.45, 2.75) is 6.92 Å². The van der Waals surface area contributed by atoms with Crippen molar-refractivity contribution < 1.29 is 19.4 Å². The van der Waals surface area contributed by atoms with E-state index in [9.17, 15) is 9.59 Å². The molecule has 0 bridgehead atoms. The normalized spacial score (nSPS) is 10.2. The zero-order valence-electron chi connectivity index (χ0n) is 11.7. The number of hydrogen-bond acceptors (Lipinski definition) is 4. The lowest BCUT2D eigenvalue weighted by molar-refractivity contribution is -0.139. The molecule has 1 aromatic heterocycles. The number of para-hydroxylation sites is 2. The molecule has 7 nitrogen and oxygen atoms in total. The number of hydrogen-bond donors (Lipinski definition) is 2. The van der Waals surface area contributed by atoms with Gasteiger partial charge in [-0.25, -0.2) is 4.79 Å². The number of carboxylic acids is 1. The Morgan fingerprint density at radius 3 is 2.71 bits per heavy atom. The first-order valence-corrected chi connectivity index (χ1v) is 6.22. The van der Waals surface area contributed by atoms with Gasteiger partial charge in [-0.1, -0.05) is 12.1 Å². The predicted molar refractivity (Wildman–Crippen MR) is 75.5 cm³/mol. The Morgan fingerprint density at radius 2 is 2.10 bits per heavy atom. The van der Waals surface area contributed by atoms with Crippen LogP contribution in [0.1, 0.15) is 16.1 Å². The lowest BCUT2D eigenvalue weighted by atomic mass is 10.2. The first kappa shape index (κ1) is 14.6. The Bertz CT molecular complexity index is 679. The Labute approximate surface area is 121 Å². The van der Waals surface area contributed by atoms with Crippen molar-refractivity contribution in [1.29, 1.82) is 0 Å². The van der Waals surface area contributed by atoms with Crippen LogP contribution in [-0.4, -0.2) is 33.4 Å². The predicted octanol–water partition coefficient (Wildman–Crippen LogP) is 1.44. The second-order valence-corrected chi connectivity index (χ2v) is 4.43. The van der Waals surface area contributed by atoms with E-state index in [1.54, 1.807) is 49.1 Å². The lowest BCUT2D eigenvalue weighted by Crippen LogP contribution is -2.15. The van der Waals surface area contributed by atoms with Crippen LogP contribution in [-0.2, 0) is 11.8 Å². The van der Waals surface area contributed by atoms with E-state index in [-0.39, 0.29) is 5.91 Å². The Kier molecular flexibility index (Phi) is 4.22. The van der Waals surface area contributed by atoms with Crippen molar-refractivity contribution >= 4 is 17.6 Å². The second kappa shape index (κ2) is 6.08. The number of carbonyl (C=O) groups excluding carboxylic acids is 1. The lowest BCUT2D eigenvalue weighted by Gasteiger charge is -2.10. The number of benzene rings is 1. The SMILES string of the molecule is Cc1nn(C)cc1C(=O)Nc1ccccc1OCC(=O)O. The van der Waals surface area contributed by atoms with Crippen LogP contribution in [0.25, 0.3) is 0 Å². The van der Waals surface area contributed by atoms with Crippen molar-refractivity contribution in [3.8, 4) is 5.75 Å². The van der Waals surface area contributed by atoms with Crippen LogP contribution in [0.5, 0.6) is 5.75 Å². The molecule has 21 heavy (non-hydrogen) atoms. The van der Waals surface area contributed by atoms with Crippen molar-refractivity contribution in [2.75, 3.05) is 11.9 Å². The summed E-state index contributed by atoms with van der Waals surface area (Å²) in [6, 6.07) is 6.65. The van der Waals surface area contributed by atoms with Crippen LogP contribution in [0, 0.1) is 6.92 Å². The molecule has 1 aromatic carbocycles. The van der Waals surface area contributed by atoms with E-state index in [4.69, 9.17) is 9.84 Å². The summed E-state index contributed by atoms with van der Waals surface area (Å²) < 4.78 is 6.69. The van der Waals surface area contributed by atoms with Gasteiger partial charge in [0.15, 0.2) is 6.61 Å². The van der Waals surface area contributed by atoms with Crippen molar-refractivity contribution in [1.82, 2.24) is 9.78 Å². The molecule has 0 saturated carbocycles. The number of aliphatic carboxylic acids is 1. The van der Waals surface area contributed by atoms with Crippen LogP contribution < -0.4 is 10.1 Å². The summed E-state index contributed by atoms with van der Waals surface area (Å²) in [7, 11) is 1.73. The first-order valence-electron chi connectivity index (χ1n) is 6.22. The van der Waals surface area contributed by atoms with Gasteiger partial charge >= 0.3 is 5.97 Å². The number of amides is 1. The van der Waals surface area contributed by atoms with Crippen molar-refractivity contribution in [3.05, 3.63) is 41.7 Å².